The third-order valence-electron chi connectivity index (χ3n) is 3.30. The third-order valence-corrected chi connectivity index (χ3v) is 3.30. The van der Waals surface area contributed by atoms with E-state index < -0.39 is 0 Å². The van der Waals surface area contributed by atoms with Gasteiger partial charge in [-0.15, -0.1) is 0 Å². The highest BCUT2D eigenvalue weighted by molar-refractivity contribution is 5.92. The molecule has 2 N–H and O–H groups in total. The number of carbonyl (C=O) groups is 1. The standard InChI is InChI=1S/C13H22N4O2/c1-4-17-12(5-9(2)15-17)13(18)16-7-10(3)19-11(6-14)8-16/h5,10-11H,4,6-8,14H2,1-3H3. The van der Waals surface area contributed by atoms with Gasteiger partial charge in [0.25, 0.3) is 5.91 Å². The number of nitrogens with zero attached hydrogens (tertiary/aromatic N) is 3. The van der Waals surface area contributed by atoms with E-state index in [4.69, 9.17) is 10.5 Å². The molecule has 2 rings (SSSR count). The number of rotatable bonds is 3. The number of aryl methyl sites for hydroxylation is 2. The first-order chi connectivity index (χ1) is 9.05. The van der Waals surface area contributed by atoms with E-state index in [1.807, 2.05) is 31.7 Å². The summed E-state index contributed by atoms with van der Waals surface area (Å²) in [7, 11) is 0. The molecule has 1 aromatic rings. The van der Waals surface area contributed by atoms with Crippen LogP contribution in [0.3, 0.4) is 0 Å². The predicted octanol–water partition coefficient (Wildman–Crippen LogP) is 0.400. The van der Waals surface area contributed by atoms with Gasteiger partial charge < -0.3 is 15.4 Å². The lowest BCUT2D eigenvalue weighted by molar-refractivity contribution is -0.0628. The molecule has 6 heteroatoms. The van der Waals surface area contributed by atoms with Crippen molar-refractivity contribution < 1.29 is 9.53 Å². The van der Waals surface area contributed by atoms with Crippen LogP contribution in [0.4, 0.5) is 0 Å². The number of nitrogens with two attached hydrogens (primary N) is 1. The van der Waals surface area contributed by atoms with Gasteiger partial charge in [-0.25, -0.2) is 0 Å². The molecule has 2 atom stereocenters. The minimum atomic E-state index is -0.0770. The predicted molar refractivity (Wildman–Crippen MR) is 71.9 cm³/mol. The molecule has 0 saturated carbocycles. The maximum Gasteiger partial charge on any atom is 0.272 e. The number of amides is 1. The Kier molecular flexibility index (Phi) is 4.21. The van der Waals surface area contributed by atoms with Crippen molar-refractivity contribution >= 4 is 5.91 Å². The Morgan fingerprint density at radius 3 is 2.95 bits per heavy atom. The van der Waals surface area contributed by atoms with E-state index in [1.54, 1.807) is 4.68 Å². The number of ether oxygens (including phenoxy) is 1. The number of hydrogen-bond acceptors (Lipinski definition) is 4. The molecule has 19 heavy (non-hydrogen) atoms. The highest BCUT2D eigenvalue weighted by atomic mass is 16.5. The highest BCUT2D eigenvalue weighted by Crippen LogP contribution is 2.15. The van der Waals surface area contributed by atoms with Crippen LogP contribution >= 0.6 is 0 Å². The van der Waals surface area contributed by atoms with Crippen LogP contribution in [0.1, 0.15) is 30.0 Å². The second-order valence-corrected chi connectivity index (χ2v) is 5.00. The first-order valence-electron chi connectivity index (χ1n) is 6.74. The van der Waals surface area contributed by atoms with Gasteiger partial charge in [-0.1, -0.05) is 0 Å². The first-order valence-corrected chi connectivity index (χ1v) is 6.74. The Balaban J connectivity index is 2.18. The average molecular weight is 266 g/mol. The summed E-state index contributed by atoms with van der Waals surface area (Å²) in [5, 5.41) is 4.32. The van der Waals surface area contributed by atoms with Crippen LogP contribution in [0.5, 0.6) is 0 Å². The average Bonchev–Trinajstić information content (AvgIpc) is 2.78. The van der Waals surface area contributed by atoms with E-state index in [1.165, 1.54) is 0 Å². The second-order valence-electron chi connectivity index (χ2n) is 5.00. The molecule has 2 unspecified atom stereocenters. The molecule has 6 nitrogen and oxygen atoms in total. The van der Waals surface area contributed by atoms with E-state index in [9.17, 15) is 4.79 Å². The monoisotopic (exact) mass is 266 g/mol. The summed E-state index contributed by atoms with van der Waals surface area (Å²) in [5.41, 5.74) is 7.15. The van der Waals surface area contributed by atoms with Crippen molar-refractivity contribution in [2.45, 2.75) is 39.5 Å². The van der Waals surface area contributed by atoms with E-state index >= 15 is 0 Å². The van der Waals surface area contributed by atoms with Crippen molar-refractivity contribution in [3.05, 3.63) is 17.5 Å². The van der Waals surface area contributed by atoms with Crippen molar-refractivity contribution in [2.75, 3.05) is 19.6 Å². The van der Waals surface area contributed by atoms with Gasteiger partial charge >= 0.3 is 0 Å². The fraction of sp³-hybridized carbons (Fsp3) is 0.692. The highest BCUT2D eigenvalue weighted by Gasteiger charge is 2.29. The summed E-state index contributed by atoms with van der Waals surface area (Å²) in [5.74, 6) is 0.0102. The molecule has 0 radical (unpaired) electrons. The van der Waals surface area contributed by atoms with Gasteiger partial charge in [-0.3, -0.25) is 9.48 Å². The van der Waals surface area contributed by atoms with Crippen molar-refractivity contribution in [2.24, 2.45) is 5.73 Å². The van der Waals surface area contributed by atoms with Crippen LogP contribution in [-0.2, 0) is 11.3 Å². The Morgan fingerprint density at radius 1 is 1.58 bits per heavy atom. The minimum absolute atomic E-state index is 0.0102. The van der Waals surface area contributed by atoms with E-state index in [0.29, 0.717) is 31.9 Å². The van der Waals surface area contributed by atoms with Crippen molar-refractivity contribution in [3.63, 3.8) is 0 Å². The molecule has 0 bridgehead atoms. The summed E-state index contributed by atoms with van der Waals surface area (Å²) in [4.78, 5) is 14.4. The zero-order valence-electron chi connectivity index (χ0n) is 11.8. The van der Waals surface area contributed by atoms with Gasteiger partial charge in [0, 0.05) is 26.2 Å². The smallest absolute Gasteiger partial charge is 0.272 e. The number of morpholine rings is 1. The largest absolute Gasteiger partial charge is 0.370 e. The molecule has 0 aliphatic carbocycles. The molecular weight excluding hydrogens is 244 g/mol. The molecular formula is C13H22N4O2. The summed E-state index contributed by atoms with van der Waals surface area (Å²) >= 11 is 0. The zero-order valence-corrected chi connectivity index (χ0v) is 11.8. The molecule has 1 amide bonds. The number of aromatic nitrogens is 2. The maximum absolute atomic E-state index is 12.6. The second kappa shape index (κ2) is 5.71. The molecule has 106 valence electrons. The topological polar surface area (TPSA) is 73.4 Å². The SMILES string of the molecule is CCn1nc(C)cc1C(=O)N1CC(C)OC(CN)C1. The molecule has 0 aromatic carbocycles. The van der Waals surface area contributed by atoms with Gasteiger partial charge in [-0.05, 0) is 26.8 Å². The zero-order chi connectivity index (χ0) is 14.0. The van der Waals surface area contributed by atoms with Crippen LogP contribution in [0.15, 0.2) is 6.07 Å². The lowest BCUT2D eigenvalue weighted by atomic mass is 10.2. The number of carbonyl (C=O) groups excluding carboxylic acids is 1. The fourth-order valence-corrected chi connectivity index (χ4v) is 2.46. The molecule has 1 aliphatic heterocycles. The lowest BCUT2D eigenvalue weighted by Crippen LogP contribution is -2.51. The van der Waals surface area contributed by atoms with Crippen LogP contribution in [0, 0.1) is 6.92 Å². The Labute approximate surface area is 113 Å². The van der Waals surface area contributed by atoms with Crippen LogP contribution in [0.25, 0.3) is 0 Å². The van der Waals surface area contributed by atoms with Gasteiger partial charge in [0.05, 0.1) is 17.9 Å². The van der Waals surface area contributed by atoms with Crippen molar-refractivity contribution in [3.8, 4) is 0 Å². The molecule has 0 spiro atoms. The molecule has 1 aromatic heterocycles. The quantitative estimate of drug-likeness (QED) is 0.859. The summed E-state index contributed by atoms with van der Waals surface area (Å²) in [6.45, 7) is 8.11. The fourth-order valence-electron chi connectivity index (χ4n) is 2.46. The van der Waals surface area contributed by atoms with E-state index in [2.05, 4.69) is 5.10 Å². The molecule has 1 fully saturated rings. The third kappa shape index (κ3) is 2.96. The Morgan fingerprint density at radius 2 is 2.32 bits per heavy atom. The van der Waals surface area contributed by atoms with Crippen LogP contribution in [-0.4, -0.2) is 52.4 Å². The van der Waals surface area contributed by atoms with Crippen LogP contribution < -0.4 is 5.73 Å². The summed E-state index contributed by atoms with van der Waals surface area (Å²) < 4.78 is 7.42. The van der Waals surface area contributed by atoms with Gasteiger partial charge in [-0.2, -0.15) is 5.10 Å². The van der Waals surface area contributed by atoms with Gasteiger partial charge in [0.2, 0.25) is 0 Å². The van der Waals surface area contributed by atoms with Crippen LogP contribution in [0.2, 0.25) is 0 Å². The Hall–Kier alpha value is -1.40. The maximum atomic E-state index is 12.6. The van der Waals surface area contributed by atoms with Crippen molar-refractivity contribution in [1.29, 1.82) is 0 Å². The van der Waals surface area contributed by atoms with Gasteiger partial charge in [0.15, 0.2) is 0 Å². The van der Waals surface area contributed by atoms with Gasteiger partial charge in [0.1, 0.15) is 5.69 Å². The van der Waals surface area contributed by atoms with E-state index in [0.717, 1.165) is 5.69 Å². The number of hydrogen-bond donors (Lipinski definition) is 1. The Bertz CT molecular complexity index is 457. The van der Waals surface area contributed by atoms with Crippen molar-refractivity contribution in [1.82, 2.24) is 14.7 Å². The lowest BCUT2D eigenvalue weighted by Gasteiger charge is -2.36. The molecule has 1 aliphatic rings. The molecule has 1 saturated heterocycles. The first kappa shape index (κ1) is 14.0. The summed E-state index contributed by atoms with van der Waals surface area (Å²) in [6, 6.07) is 1.84. The molecule has 2 heterocycles. The minimum Gasteiger partial charge on any atom is -0.370 e. The summed E-state index contributed by atoms with van der Waals surface area (Å²) in [6.07, 6.45) is -0.0582. The van der Waals surface area contributed by atoms with E-state index in [-0.39, 0.29) is 18.1 Å². The normalized spacial score (nSPS) is 23.7.